The highest BCUT2D eigenvalue weighted by Gasteiger charge is 2.20. The average molecular weight is 339 g/mol. The normalized spacial score (nSPS) is 11.9. The molecule has 0 fully saturated rings. The molecule has 118 valence electrons. The van der Waals surface area contributed by atoms with Gasteiger partial charge in [-0.3, -0.25) is 9.89 Å². The van der Waals surface area contributed by atoms with Gasteiger partial charge >= 0.3 is 6.03 Å². The number of thioether (sulfide) groups is 1. The lowest BCUT2D eigenvalue weighted by Gasteiger charge is -2.15. The van der Waals surface area contributed by atoms with E-state index in [9.17, 15) is 9.59 Å². The van der Waals surface area contributed by atoms with Gasteiger partial charge in [-0.1, -0.05) is 6.07 Å². The first-order valence-electron chi connectivity index (χ1n) is 6.55. The second-order valence-corrected chi connectivity index (χ2v) is 6.41. The van der Waals surface area contributed by atoms with Crippen LogP contribution in [0.25, 0.3) is 10.6 Å². The number of H-pyrrole nitrogens is 1. The molecule has 2 rings (SSSR count). The van der Waals surface area contributed by atoms with E-state index >= 15 is 0 Å². The van der Waals surface area contributed by atoms with E-state index in [1.165, 1.54) is 0 Å². The van der Waals surface area contributed by atoms with Gasteiger partial charge in [-0.25, -0.2) is 4.79 Å². The molecule has 0 aliphatic carbocycles. The molecule has 5 N–H and O–H groups in total. The van der Waals surface area contributed by atoms with Crippen LogP contribution in [0, 0.1) is 0 Å². The van der Waals surface area contributed by atoms with Crippen LogP contribution in [-0.4, -0.2) is 40.2 Å². The number of rotatable bonds is 7. The maximum Gasteiger partial charge on any atom is 0.312 e. The molecule has 0 aliphatic heterocycles. The number of carbonyl (C=O) groups is 2. The Morgan fingerprint density at radius 3 is 3.00 bits per heavy atom. The number of carbonyl (C=O) groups excluding carboxylic acids is 2. The van der Waals surface area contributed by atoms with Gasteiger partial charge in [-0.05, 0) is 29.9 Å². The van der Waals surface area contributed by atoms with Crippen molar-refractivity contribution in [3.05, 3.63) is 23.6 Å². The Bertz CT molecular complexity index is 626. The van der Waals surface area contributed by atoms with Crippen LogP contribution in [0.15, 0.2) is 23.6 Å². The van der Waals surface area contributed by atoms with E-state index in [0.717, 1.165) is 16.3 Å². The number of aromatic amines is 1. The molecular formula is C13H17N5O2S2. The number of anilines is 1. The average Bonchev–Trinajstić information content (AvgIpc) is 3.13. The van der Waals surface area contributed by atoms with Crippen LogP contribution >= 0.6 is 23.1 Å². The molecule has 0 aliphatic rings. The van der Waals surface area contributed by atoms with Crippen molar-refractivity contribution in [2.75, 3.05) is 17.3 Å². The number of amides is 3. The van der Waals surface area contributed by atoms with E-state index in [0.29, 0.717) is 12.2 Å². The third-order valence-corrected chi connectivity index (χ3v) is 4.41. The van der Waals surface area contributed by atoms with Crippen LogP contribution in [0.2, 0.25) is 0 Å². The molecule has 2 aromatic rings. The molecular weight excluding hydrogens is 322 g/mol. The van der Waals surface area contributed by atoms with Gasteiger partial charge in [0.05, 0.1) is 10.6 Å². The first-order valence-corrected chi connectivity index (χ1v) is 8.82. The highest BCUT2D eigenvalue weighted by Crippen LogP contribution is 2.24. The highest BCUT2D eigenvalue weighted by atomic mass is 32.2. The summed E-state index contributed by atoms with van der Waals surface area (Å²) in [7, 11) is 0. The lowest BCUT2D eigenvalue weighted by atomic mass is 10.2. The summed E-state index contributed by atoms with van der Waals surface area (Å²) in [4.78, 5) is 24.2. The fourth-order valence-corrected chi connectivity index (χ4v) is 3.00. The molecule has 22 heavy (non-hydrogen) atoms. The van der Waals surface area contributed by atoms with Crippen molar-refractivity contribution in [2.45, 2.75) is 12.5 Å². The fourth-order valence-electron chi connectivity index (χ4n) is 1.83. The number of primary amides is 1. The van der Waals surface area contributed by atoms with E-state index in [1.807, 2.05) is 23.8 Å². The lowest BCUT2D eigenvalue weighted by Crippen LogP contribution is -2.46. The minimum atomic E-state index is -0.720. The maximum atomic E-state index is 12.2. The predicted molar refractivity (Wildman–Crippen MR) is 90.0 cm³/mol. The van der Waals surface area contributed by atoms with Crippen LogP contribution in [0.1, 0.15) is 6.42 Å². The van der Waals surface area contributed by atoms with Crippen LogP contribution in [0.5, 0.6) is 0 Å². The summed E-state index contributed by atoms with van der Waals surface area (Å²) in [6.07, 6.45) is 2.43. The number of hydrogen-bond acceptors (Lipinski definition) is 5. The summed E-state index contributed by atoms with van der Waals surface area (Å²) in [6.45, 7) is 0. The van der Waals surface area contributed by atoms with Crippen LogP contribution in [0.4, 0.5) is 10.6 Å². The summed E-state index contributed by atoms with van der Waals surface area (Å²) in [5.74, 6) is 0.810. The third-order valence-electron chi connectivity index (χ3n) is 2.86. The lowest BCUT2D eigenvalue weighted by molar-refractivity contribution is -0.118. The Balaban J connectivity index is 2.01. The van der Waals surface area contributed by atoms with Crippen LogP contribution in [-0.2, 0) is 4.79 Å². The second kappa shape index (κ2) is 7.85. The van der Waals surface area contributed by atoms with Crippen molar-refractivity contribution in [1.29, 1.82) is 0 Å². The molecule has 2 heterocycles. The minimum absolute atomic E-state index is 0.336. The van der Waals surface area contributed by atoms with Gasteiger partial charge in [0.2, 0.25) is 5.91 Å². The molecule has 7 nitrogen and oxygen atoms in total. The van der Waals surface area contributed by atoms with E-state index in [1.54, 1.807) is 29.2 Å². The second-order valence-electron chi connectivity index (χ2n) is 4.48. The van der Waals surface area contributed by atoms with Gasteiger partial charge in [0, 0.05) is 6.07 Å². The molecule has 9 heteroatoms. The predicted octanol–water partition coefficient (Wildman–Crippen LogP) is 1.87. The number of nitrogens with two attached hydrogens (primary N) is 1. The van der Waals surface area contributed by atoms with Gasteiger partial charge in [0.25, 0.3) is 0 Å². The Hall–Kier alpha value is -2.00. The quantitative estimate of drug-likeness (QED) is 0.616. The molecule has 0 saturated heterocycles. The number of thiophene rings is 1. The molecule has 0 bridgehead atoms. The molecule has 2 aromatic heterocycles. The van der Waals surface area contributed by atoms with E-state index in [-0.39, 0.29) is 5.91 Å². The topological polar surface area (TPSA) is 113 Å². The Labute approximate surface area is 136 Å². The number of nitrogens with zero attached hydrogens (tertiary/aromatic N) is 1. The van der Waals surface area contributed by atoms with Gasteiger partial charge in [-0.2, -0.15) is 16.9 Å². The van der Waals surface area contributed by atoms with Crippen LogP contribution in [0.3, 0.4) is 0 Å². The molecule has 0 spiro atoms. The number of aromatic nitrogens is 2. The van der Waals surface area contributed by atoms with Gasteiger partial charge < -0.3 is 16.4 Å². The molecule has 1 unspecified atom stereocenters. The van der Waals surface area contributed by atoms with Crippen molar-refractivity contribution < 1.29 is 9.59 Å². The van der Waals surface area contributed by atoms with Crippen molar-refractivity contribution in [2.24, 2.45) is 5.73 Å². The molecule has 3 amide bonds. The summed E-state index contributed by atoms with van der Waals surface area (Å²) in [6, 6.07) is 4.25. The minimum Gasteiger partial charge on any atom is -0.352 e. The van der Waals surface area contributed by atoms with Crippen molar-refractivity contribution in [3.8, 4) is 10.6 Å². The zero-order chi connectivity index (χ0) is 15.9. The molecule has 0 saturated carbocycles. The standard InChI is InChI=1S/C13H17N5O2S2/c1-21-6-4-8(15-13(14)20)12(19)16-11-7-9(17-18-11)10-3-2-5-22-10/h2-3,5,7-8H,4,6H2,1H3,(H3,14,15,20)(H2,16,17,18,19). The molecule has 1 atom stereocenters. The first-order chi connectivity index (χ1) is 10.6. The monoisotopic (exact) mass is 339 g/mol. The third kappa shape index (κ3) is 4.50. The highest BCUT2D eigenvalue weighted by molar-refractivity contribution is 7.98. The zero-order valence-corrected chi connectivity index (χ0v) is 13.6. The van der Waals surface area contributed by atoms with Gasteiger partial charge in [0.15, 0.2) is 5.82 Å². The zero-order valence-electron chi connectivity index (χ0n) is 12.0. The fraction of sp³-hybridized carbons (Fsp3) is 0.308. The first kappa shape index (κ1) is 16.4. The maximum absolute atomic E-state index is 12.2. The van der Waals surface area contributed by atoms with Gasteiger partial charge in [0.1, 0.15) is 6.04 Å². The van der Waals surface area contributed by atoms with E-state index in [4.69, 9.17) is 5.73 Å². The number of nitrogens with one attached hydrogen (secondary N) is 3. The SMILES string of the molecule is CSCCC(NC(N)=O)C(=O)Nc1cc(-c2cccs2)[nH]n1. The Morgan fingerprint density at radius 1 is 1.55 bits per heavy atom. The molecule has 0 radical (unpaired) electrons. The van der Waals surface area contributed by atoms with Gasteiger partial charge in [-0.15, -0.1) is 11.3 Å². The summed E-state index contributed by atoms with van der Waals surface area (Å²) in [5.41, 5.74) is 5.93. The largest absolute Gasteiger partial charge is 0.352 e. The van der Waals surface area contributed by atoms with E-state index < -0.39 is 12.1 Å². The number of urea groups is 1. The Morgan fingerprint density at radius 2 is 2.36 bits per heavy atom. The smallest absolute Gasteiger partial charge is 0.312 e. The number of hydrogen-bond donors (Lipinski definition) is 4. The van der Waals surface area contributed by atoms with Crippen LogP contribution < -0.4 is 16.4 Å². The van der Waals surface area contributed by atoms with E-state index in [2.05, 4.69) is 20.8 Å². The van der Waals surface area contributed by atoms with Crippen molar-refractivity contribution in [3.63, 3.8) is 0 Å². The Kier molecular flexibility index (Phi) is 5.84. The summed E-state index contributed by atoms with van der Waals surface area (Å²) in [5, 5.41) is 14.0. The summed E-state index contributed by atoms with van der Waals surface area (Å²) < 4.78 is 0. The molecule has 0 aromatic carbocycles. The van der Waals surface area contributed by atoms with Crippen molar-refractivity contribution in [1.82, 2.24) is 15.5 Å². The summed E-state index contributed by atoms with van der Waals surface area (Å²) >= 11 is 3.16. The van der Waals surface area contributed by atoms with Crippen molar-refractivity contribution >= 4 is 40.9 Å².